The first-order chi connectivity index (χ1) is 16.4. The molecule has 0 atom stereocenters. The van der Waals surface area contributed by atoms with Gasteiger partial charge in [0, 0.05) is 34.5 Å². The van der Waals surface area contributed by atoms with Crippen LogP contribution in [0.2, 0.25) is 0 Å². The minimum atomic E-state index is -0.395. The second-order valence-electron chi connectivity index (χ2n) is 7.92. The van der Waals surface area contributed by atoms with Crippen LogP contribution in [-0.4, -0.2) is 29.7 Å². The highest BCUT2D eigenvalue weighted by Gasteiger charge is 2.15. The zero-order valence-electron chi connectivity index (χ0n) is 19.5. The summed E-state index contributed by atoms with van der Waals surface area (Å²) in [4.78, 5) is 14.8. The maximum absolute atomic E-state index is 11.3. The molecule has 9 heteroatoms. The Hall–Kier alpha value is -4.07. The number of hydrogen-bond acceptors (Lipinski definition) is 4. The van der Waals surface area contributed by atoms with E-state index in [9.17, 15) is 4.79 Å². The summed E-state index contributed by atoms with van der Waals surface area (Å²) < 4.78 is 4.64. The van der Waals surface area contributed by atoms with E-state index < -0.39 is 5.97 Å². The molecule has 0 radical (unpaired) electrons. The third kappa shape index (κ3) is 6.13. The van der Waals surface area contributed by atoms with Crippen molar-refractivity contribution < 1.29 is 9.53 Å². The highest BCUT2D eigenvalue weighted by atomic mass is 35.5. The van der Waals surface area contributed by atoms with Gasteiger partial charge in [-0.05, 0) is 34.4 Å². The standard InChI is InChI=1S/C27H25N5O2.2ClH/c1-34-24(33)13-6-16-2-4-17(5-3-16)14-22-21-12-11-20(27(30)31)15-23(21)32-25(22)18-7-9-19(10-8-18)26(28)29;;/h2-13,15,32H,14H2,1H3,(H3,28,29)(H3,30,31);2*1H. The smallest absolute Gasteiger partial charge is 0.330 e. The van der Waals surface area contributed by atoms with Crippen LogP contribution in [0.4, 0.5) is 0 Å². The predicted molar refractivity (Wildman–Crippen MR) is 151 cm³/mol. The molecule has 0 bridgehead atoms. The molecule has 7 nitrogen and oxygen atoms in total. The number of nitrogens with one attached hydrogen (secondary N) is 3. The van der Waals surface area contributed by atoms with Crippen LogP contribution in [-0.2, 0) is 16.0 Å². The van der Waals surface area contributed by atoms with Crippen molar-refractivity contribution in [3.05, 3.63) is 101 Å². The Balaban J connectivity index is 0.00000228. The van der Waals surface area contributed by atoms with E-state index in [1.807, 2.05) is 66.7 Å². The van der Waals surface area contributed by atoms with Crippen LogP contribution in [0.25, 0.3) is 28.2 Å². The number of ether oxygens (including phenoxy) is 1. The lowest BCUT2D eigenvalue weighted by molar-refractivity contribution is -0.134. The second kappa shape index (κ2) is 12.1. The van der Waals surface area contributed by atoms with Crippen molar-refractivity contribution in [3.63, 3.8) is 0 Å². The predicted octanol–water partition coefficient (Wildman–Crippen LogP) is 5.02. The zero-order valence-corrected chi connectivity index (χ0v) is 21.1. The van der Waals surface area contributed by atoms with Crippen LogP contribution in [0.3, 0.4) is 0 Å². The third-order valence-corrected chi connectivity index (χ3v) is 5.68. The van der Waals surface area contributed by atoms with Crippen molar-refractivity contribution in [2.75, 3.05) is 7.11 Å². The summed E-state index contributed by atoms with van der Waals surface area (Å²) in [5.74, 6) is -0.356. The molecule has 0 saturated carbocycles. The zero-order chi connectivity index (χ0) is 24.2. The minimum absolute atomic E-state index is 0. The summed E-state index contributed by atoms with van der Waals surface area (Å²) in [6.45, 7) is 0. The maximum Gasteiger partial charge on any atom is 0.330 e. The summed E-state index contributed by atoms with van der Waals surface area (Å²) in [6, 6.07) is 21.2. The molecule has 0 fully saturated rings. The molecule has 0 spiro atoms. The van der Waals surface area contributed by atoms with Gasteiger partial charge in [-0.25, -0.2) is 4.79 Å². The molecule has 1 heterocycles. The Kier molecular flexibility index (Phi) is 9.44. The normalized spacial score (nSPS) is 10.5. The summed E-state index contributed by atoms with van der Waals surface area (Å²) >= 11 is 0. The number of esters is 1. The molecule has 0 amide bonds. The Morgan fingerprint density at radius 2 is 1.53 bits per heavy atom. The van der Waals surface area contributed by atoms with Crippen molar-refractivity contribution in [3.8, 4) is 11.3 Å². The third-order valence-electron chi connectivity index (χ3n) is 5.68. The first kappa shape index (κ1) is 28.2. The number of nitrogen functional groups attached to an aromatic ring is 2. The van der Waals surface area contributed by atoms with Crippen LogP contribution >= 0.6 is 24.8 Å². The number of benzene rings is 3. The summed E-state index contributed by atoms with van der Waals surface area (Å²) in [5.41, 5.74) is 18.6. The lowest BCUT2D eigenvalue weighted by atomic mass is 9.97. The fraction of sp³-hybridized carbons (Fsp3) is 0.0741. The molecule has 4 rings (SSSR count). The second-order valence-corrected chi connectivity index (χ2v) is 7.92. The fourth-order valence-corrected chi connectivity index (χ4v) is 3.85. The largest absolute Gasteiger partial charge is 0.466 e. The molecule has 0 aliphatic carbocycles. The Morgan fingerprint density at radius 1 is 0.917 bits per heavy atom. The Bertz CT molecular complexity index is 1430. The minimum Gasteiger partial charge on any atom is -0.466 e. The van der Waals surface area contributed by atoms with E-state index in [0.29, 0.717) is 17.5 Å². The molecular weight excluding hydrogens is 497 g/mol. The van der Waals surface area contributed by atoms with Gasteiger partial charge in [-0.2, -0.15) is 0 Å². The van der Waals surface area contributed by atoms with E-state index in [1.54, 1.807) is 6.08 Å². The van der Waals surface area contributed by atoms with Crippen LogP contribution < -0.4 is 11.5 Å². The quantitative estimate of drug-likeness (QED) is 0.100. The molecule has 3 aromatic carbocycles. The number of aromatic amines is 1. The number of hydrogen-bond donors (Lipinski definition) is 5. The molecular formula is C27H27Cl2N5O2. The van der Waals surface area contributed by atoms with Crippen molar-refractivity contribution in [2.24, 2.45) is 11.5 Å². The highest BCUT2D eigenvalue weighted by Crippen LogP contribution is 2.33. The van der Waals surface area contributed by atoms with Gasteiger partial charge >= 0.3 is 5.97 Å². The van der Waals surface area contributed by atoms with Crippen molar-refractivity contribution in [1.29, 1.82) is 10.8 Å². The van der Waals surface area contributed by atoms with Gasteiger partial charge in [0.1, 0.15) is 11.7 Å². The molecule has 0 aliphatic heterocycles. The number of carbonyl (C=O) groups excluding carboxylic acids is 1. The van der Waals surface area contributed by atoms with Crippen LogP contribution in [0, 0.1) is 10.8 Å². The maximum atomic E-state index is 11.3. The van der Waals surface area contributed by atoms with Gasteiger partial charge < -0.3 is 21.2 Å². The number of amidine groups is 2. The summed E-state index contributed by atoms with van der Waals surface area (Å²) in [7, 11) is 1.35. The SMILES string of the molecule is COC(=O)C=Cc1ccc(Cc2c(-c3ccc(C(=N)N)cc3)[nH]c3cc(C(=N)N)ccc23)cc1.Cl.Cl. The Labute approximate surface area is 221 Å². The van der Waals surface area contributed by atoms with Gasteiger partial charge in [-0.15, -0.1) is 24.8 Å². The number of H-pyrrole nitrogens is 1. The molecule has 0 aliphatic rings. The van der Waals surface area contributed by atoms with Crippen molar-refractivity contribution in [2.45, 2.75) is 6.42 Å². The van der Waals surface area contributed by atoms with Gasteiger partial charge in [0.25, 0.3) is 0 Å². The van der Waals surface area contributed by atoms with Gasteiger partial charge in [0.15, 0.2) is 0 Å². The average Bonchev–Trinajstić information content (AvgIpc) is 3.20. The monoisotopic (exact) mass is 523 g/mol. The van der Waals surface area contributed by atoms with E-state index >= 15 is 0 Å². The number of carbonyl (C=O) groups is 1. The number of halogens is 2. The van der Waals surface area contributed by atoms with E-state index in [4.69, 9.17) is 22.3 Å². The van der Waals surface area contributed by atoms with Crippen molar-refractivity contribution in [1.82, 2.24) is 4.98 Å². The molecule has 7 N–H and O–H groups in total. The topological polar surface area (TPSA) is 142 Å². The van der Waals surface area contributed by atoms with Gasteiger partial charge in [0.2, 0.25) is 0 Å². The highest BCUT2D eigenvalue weighted by molar-refractivity contribution is 6.01. The Morgan fingerprint density at radius 3 is 2.11 bits per heavy atom. The lowest BCUT2D eigenvalue weighted by Crippen LogP contribution is -2.10. The number of nitrogens with two attached hydrogens (primary N) is 2. The molecule has 0 unspecified atom stereocenters. The van der Waals surface area contributed by atoms with Gasteiger partial charge in [-0.1, -0.05) is 60.7 Å². The molecule has 4 aromatic rings. The summed E-state index contributed by atoms with van der Waals surface area (Å²) in [5, 5.41) is 16.5. The van der Waals surface area contributed by atoms with Crippen LogP contribution in [0.1, 0.15) is 27.8 Å². The van der Waals surface area contributed by atoms with Crippen LogP contribution in [0.5, 0.6) is 0 Å². The number of methoxy groups -OCH3 is 1. The average molecular weight is 524 g/mol. The van der Waals surface area contributed by atoms with Gasteiger partial charge in [-0.3, -0.25) is 10.8 Å². The fourth-order valence-electron chi connectivity index (χ4n) is 3.85. The molecule has 36 heavy (non-hydrogen) atoms. The number of rotatable bonds is 7. The lowest BCUT2D eigenvalue weighted by Gasteiger charge is -2.08. The molecule has 186 valence electrons. The van der Waals surface area contributed by atoms with Gasteiger partial charge in [0.05, 0.1) is 12.8 Å². The first-order valence-electron chi connectivity index (χ1n) is 10.6. The number of fused-ring (bicyclic) bond motifs is 1. The summed E-state index contributed by atoms with van der Waals surface area (Å²) in [6.07, 6.45) is 3.78. The molecule has 1 aromatic heterocycles. The van der Waals surface area contributed by atoms with Crippen LogP contribution in [0.15, 0.2) is 72.8 Å². The molecule has 0 saturated heterocycles. The van der Waals surface area contributed by atoms with E-state index in [2.05, 4.69) is 9.72 Å². The number of aromatic nitrogens is 1. The van der Waals surface area contributed by atoms with E-state index in [-0.39, 0.29) is 36.5 Å². The first-order valence-corrected chi connectivity index (χ1v) is 10.6. The van der Waals surface area contributed by atoms with E-state index in [0.717, 1.165) is 38.9 Å². The van der Waals surface area contributed by atoms with Crippen molar-refractivity contribution >= 4 is 59.4 Å². The van der Waals surface area contributed by atoms with E-state index in [1.165, 1.54) is 13.2 Å².